The van der Waals surface area contributed by atoms with Gasteiger partial charge in [0, 0.05) is 23.6 Å². The number of amides is 2. The molecule has 2 aromatic carbocycles. The molecule has 3 aromatic rings. The number of aromatic nitrogens is 2. The number of fused-ring (bicyclic) bond motifs is 1. The fourth-order valence-electron chi connectivity index (χ4n) is 4.86. The van der Waals surface area contributed by atoms with Crippen LogP contribution in [0.2, 0.25) is 0 Å². The molecule has 0 bridgehead atoms. The smallest absolute Gasteiger partial charge is 0.283 e. The van der Waals surface area contributed by atoms with Gasteiger partial charge in [-0.15, -0.1) is 0 Å². The van der Waals surface area contributed by atoms with E-state index < -0.39 is 23.6 Å². The Balaban J connectivity index is 1.71. The Morgan fingerprint density at radius 2 is 1.82 bits per heavy atom. The van der Waals surface area contributed by atoms with Crippen LogP contribution in [-0.2, 0) is 20.7 Å². The molecule has 0 fully saturated rings. The van der Waals surface area contributed by atoms with Crippen LogP contribution in [0.5, 0.6) is 0 Å². The first-order valence-corrected chi connectivity index (χ1v) is 13.1. The normalized spacial score (nSPS) is 19.0. The molecule has 2 unspecified atom stereocenters. The Morgan fingerprint density at radius 1 is 1.11 bits per heavy atom. The number of halogens is 2. The minimum Gasteiger partial charge on any atom is -0.292 e. The van der Waals surface area contributed by atoms with Gasteiger partial charge in [-0.25, -0.2) is 13.5 Å². The second-order valence-corrected chi connectivity index (χ2v) is 10.1. The highest BCUT2D eigenvalue weighted by Crippen LogP contribution is 2.41. The second-order valence-electron chi connectivity index (χ2n) is 9.30. The summed E-state index contributed by atoms with van der Waals surface area (Å²) in [6, 6.07) is 15.5. The Labute approximate surface area is 223 Å². The van der Waals surface area contributed by atoms with Crippen molar-refractivity contribution in [3.05, 3.63) is 101 Å². The zero-order chi connectivity index (χ0) is 27.0. The predicted octanol–water partition coefficient (Wildman–Crippen LogP) is 5.60. The average Bonchev–Trinajstić information content (AvgIpc) is 3.26. The lowest BCUT2D eigenvalue weighted by atomic mass is 9.85. The third-order valence-corrected chi connectivity index (χ3v) is 7.67. The number of aryl methyl sites for hydroxylation is 1. The molecular weight excluding hydrogens is 506 g/mol. The standard InChI is InChI=1S/C29H26F2N4O2S/c1-4-34-28-24(18(3)32-35(28)22-8-6-5-7-9-22)25(19-10-13-21(30)14-11-19)26(29(34)37)38-33-27(36)20-12-15-23(31)17(2)16-20/h5-15,17,25H,4,16H2,1-3H3. The zero-order valence-corrected chi connectivity index (χ0v) is 22.0. The van der Waals surface area contributed by atoms with Crippen molar-refractivity contribution in [2.24, 2.45) is 10.3 Å². The number of allylic oxidation sites excluding steroid dienone is 3. The second kappa shape index (κ2) is 10.4. The summed E-state index contributed by atoms with van der Waals surface area (Å²) in [7, 11) is 0. The highest BCUT2D eigenvalue weighted by Gasteiger charge is 2.41. The van der Waals surface area contributed by atoms with E-state index >= 15 is 0 Å². The Bertz CT molecular complexity index is 1550. The number of benzene rings is 2. The van der Waals surface area contributed by atoms with Crippen LogP contribution in [0.3, 0.4) is 0 Å². The first-order valence-electron chi connectivity index (χ1n) is 12.4. The van der Waals surface area contributed by atoms with Gasteiger partial charge in [0.2, 0.25) is 0 Å². The van der Waals surface area contributed by atoms with Gasteiger partial charge in [-0.1, -0.05) is 43.3 Å². The van der Waals surface area contributed by atoms with Crippen molar-refractivity contribution in [3.8, 4) is 5.69 Å². The number of hydrogen-bond acceptors (Lipinski definition) is 3. The molecule has 9 heteroatoms. The van der Waals surface area contributed by atoms with Crippen molar-refractivity contribution in [1.82, 2.24) is 9.78 Å². The van der Waals surface area contributed by atoms with Crippen molar-refractivity contribution >= 4 is 33.6 Å². The fraction of sp³-hybridized carbons (Fsp3) is 0.241. The number of rotatable bonds is 4. The number of nitrogens with zero attached hydrogens (tertiary/aromatic N) is 4. The van der Waals surface area contributed by atoms with Gasteiger partial charge in [-0.2, -0.15) is 9.46 Å². The van der Waals surface area contributed by atoms with E-state index in [-0.39, 0.29) is 18.2 Å². The molecule has 1 aliphatic heterocycles. The molecule has 0 saturated carbocycles. The highest BCUT2D eigenvalue weighted by molar-refractivity contribution is 7.71. The topological polar surface area (TPSA) is 67.6 Å². The van der Waals surface area contributed by atoms with Crippen LogP contribution in [0, 0.1) is 18.7 Å². The van der Waals surface area contributed by atoms with Gasteiger partial charge in [-0.3, -0.25) is 14.5 Å². The maximum atomic E-state index is 14.0. The van der Waals surface area contributed by atoms with Crippen molar-refractivity contribution < 1.29 is 18.4 Å². The summed E-state index contributed by atoms with van der Waals surface area (Å²) >= 11 is 0.828. The third kappa shape index (κ3) is 4.58. The first-order chi connectivity index (χ1) is 18.3. The lowest BCUT2D eigenvalue weighted by molar-refractivity contribution is -0.114. The van der Waals surface area contributed by atoms with Crippen LogP contribution in [0.25, 0.3) is 5.69 Å². The van der Waals surface area contributed by atoms with Gasteiger partial charge in [0.15, 0.2) is 0 Å². The largest absolute Gasteiger partial charge is 0.292 e. The van der Waals surface area contributed by atoms with E-state index in [1.807, 2.05) is 44.2 Å². The lowest BCUT2D eigenvalue weighted by Gasteiger charge is -2.33. The summed E-state index contributed by atoms with van der Waals surface area (Å²) in [6.07, 6.45) is 2.97. The van der Waals surface area contributed by atoms with Crippen LogP contribution < -0.4 is 4.90 Å². The minimum atomic E-state index is -0.600. The van der Waals surface area contributed by atoms with E-state index in [1.165, 1.54) is 24.3 Å². The number of hydrogen-bond donors (Lipinski definition) is 0. The monoisotopic (exact) mass is 532 g/mol. The molecule has 6 nitrogen and oxygen atoms in total. The average molecular weight is 533 g/mol. The summed E-state index contributed by atoms with van der Waals surface area (Å²) in [5.41, 5.74) is 3.37. The van der Waals surface area contributed by atoms with Gasteiger partial charge >= 0.3 is 0 Å². The molecule has 5 rings (SSSR count). The van der Waals surface area contributed by atoms with Crippen LogP contribution in [0.4, 0.5) is 14.6 Å². The molecule has 1 aromatic heterocycles. The molecule has 0 saturated heterocycles. The van der Waals surface area contributed by atoms with E-state index in [9.17, 15) is 18.4 Å². The molecule has 1 aliphatic carbocycles. The fourth-order valence-corrected chi connectivity index (χ4v) is 5.71. The molecule has 194 valence electrons. The van der Waals surface area contributed by atoms with Crippen molar-refractivity contribution in [2.45, 2.75) is 33.1 Å². The van der Waals surface area contributed by atoms with E-state index in [0.29, 0.717) is 34.1 Å². The van der Waals surface area contributed by atoms with Crippen LogP contribution in [0.15, 0.2) is 82.5 Å². The van der Waals surface area contributed by atoms with Gasteiger partial charge in [0.25, 0.3) is 11.8 Å². The van der Waals surface area contributed by atoms with Gasteiger partial charge < -0.3 is 0 Å². The zero-order valence-electron chi connectivity index (χ0n) is 21.2. The van der Waals surface area contributed by atoms with Crippen molar-refractivity contribution in [3.63, 3.8) is 0 Å². The Hall–Kier alpha value is -3.98. The SMILES string of the molecule is CCN1C(=O)C(=S=NC(=O)C2=CC=C(F)C(C)C2)C(c2ccc(F)cc2)c2c(C)nn(-c3ccccc3)c21. The lowest BCUT2D eigenvalue weighted by Crippen LogP contribution is -2.45. The quantitative estimate of drug-likeness (QED) is 0.411. The van der Waals surface area contributed by atoms with Crippen molar-refractivity contribution in [2.75, 3.05) is 11.4 Å². The summed E-state index contributed by atoms with van der Waals surface area (Å²) < 4.78 is 33.6. The Morgan fingerprint density at radius 3 is 2.47 bits per heavy atom. The van der Waals surface area contributed by atoms with Gasteiger partial charge in [-0.05, 0) is 67.3 Å². The summed E-state index contributed by atoms with van der Waals surface area (Å²) in [6.45, 7) is 5.82. The number of anilines is 1. The van der Waals surface area contributed by atoms with Crippen LogP contribution in [-0.4, -0.2) is 33.0 Å². The van der Waals surface area contributed by atoms with E-state index in [4.69, 9.17) is 5.10 Å². The molecule has 2 heterocycles. The highest BCUT2D eigenvalue weighted by atomic mass is 32.1. The number of carbonyl (C=O) groups is 2. The predicted molar refractivity (Wildman–Crippen MR) is 145 cm³/mol. The molecule has 0 radical (unpaired) electrons. The molecule has 38 heavy (non-hydrogen) atoms. The van der Waals surface area contributed by atoms with Crippen LogP contribution in [0.1, 0.15) is 43.0 Å². The molecule has 2 aliphatic rings. The summed E-state index contributed by atoms with van der Waals surface area (Å²) in [5.74, 6) is -1.85. The molecule has 2 amide bonds. The number of para-hydroxylation sites is 1. The summed E-state index contributed by atoms with van der Waals surface area (Å²) in [5, 5.41) is 4.78. The van der Waals surface area contributed by atoms with Gasteiger partial charge in [0.1, 0.15) is 22.3 Å². The molecule has 2 atom stereocenters. The van der Waals surface area contributed by atoms with E-state index in [1.54, 1.807) is 28.6 Å². The third-order valence-electron chi connectivity index (χ3n) is 6.81. The first kappa shape index (κ1) is 25.7. The van der Waals surface area contributed by atoms with Crippen LogP contribution >= 0.6 is 0 Å². The molecule has 0 N–H and O–H groups in total. The number of carbonyl (C=O) groups excluding carboxylic acids is 2. The van der Waals surface area contributed by atoms with Crippen molar-refractivity contribution in [1.29, 1.82) is 0 Å². The van der Waals surface area contributed by atoms with E-state index in [0.717, 1.165) is 22.4 Å². The van der Waals surface area contributed by atoms with E-state index in [2.05, 4.69) is 4.36 Å². The minimum absolute atomic E-state index is 0.240. The van der Waals surface area contributed by atoms with Gasteiger partial charge in [0.05, 0.1) is 17.3 Å². The molecular formula is C29H26F2N4O2S. The Kier molecular flexibility index (Phi) is 7.03. The maximum Gasteiger partial charge on any atom is 0.283 e. The molecule has 0 spiro atoms. The summed E-state index contributed by atoms with van der Waals surface area (Å²) in [4.78, 5) is 28.8. The maximum absolute atomic E-state index is 14.0.